The second-order valence-corrected chi connectivity index (χ2v) is 5.11. The van der Waals surface area contributed by atoms with E-state index >= 15 is 0 Å². The zero-order valence-electron chi connectivity index (χ0n) is 12.8. The second-order valence-electron chi connectivity index (χ2n) is 5.11. The minimum Gasteiger partial charge on any atom is -0.390 e. The van der Waals surface area contributed by atoms with E-state index in [9.17, 15) is 13.6 Å². The fraction of sp³-hybridized carbons (Fsp3) is 0.375. The maximum absolute atomic E-state index is 13.8. The Kier molecular flexibility index (Phi) is 5.81. The number of ether oxygens (including phenoxy) is 1. The Balaban J connectivity index is 2.00. The predicted molar refractivity (Wildman–Crippen MR) is 81.0 cm³/mol. The molecule has 124 valence electrons. The van der Waals surface area contributed by atoms with Crippen LogP contribution in [0, 0.1) is 11.6 Å². The van der Waals surface area contributed by atoms with Gasteiger partial charge in [-0.05, 0) is 12.1 Å². The lowest BCUT2D eigenvalue weighted by Crippen LogP contribution is -2.39. The Morgan fingerprint density at radius 1 is 1.57 bits per heavy atom. The zero-order valence-corrected chi connectivity index (χ0v) is 12.8. The third-order valence-corrected chi connectivity index (χ3v) is 3.37. The van der Waals surface area contributed by atoms with Crippen LogP contribution in [0.25, 0.3) is 0 Å². The van der Waals surface area contributed by atoms with Gasteiger partial charge in [0.2, 0.25) is 5.91 Å². The second kappa shape index (κ2) is 7.82. The molecule has 7 heteroatoms. The maximum atomic E-state index is 13.8. The van der Waals surface area contributed by atoms with Crippen molar-refractivity contribution < 1.29 is 23.1 Å². The first-order valence-corrected chi connectivity index (χ1v) is 7.11. The fourth-order valence-electron chi connectivity index (χ4n) is 2.30. The van der Waals surface area contributed by atoms with E-state index in [1.807, 2.05) is 0 Å². The molecule has 5 nitrogen and oxygen atoms in total. The third-order valence-electron chi connectivity index (χ3n) is 3.37. The Hall–Kier alpha value is -2.28. The number of benzene rings is 1. The molecular formula is C16H18F2N2O3. The molecule has 0 saturated carbocycles. The highest BCUT2D eigenvalue weighted by atomic mass is 19.1. The molecule has 1 aromatic carbocycles. The molecule has 0 radical (unpaired) electrons. The van der Waals surface area contributed by atoms with Crippen LogP contribution >= 0.6 is 0 Å². The van der Waals surface area contributed by atoms with Gasteiger partial charge in [0.1, 0.15) is 18.2 Å². The van der Waals surface area contributed by atoms with Crippen molar-refractivity contribution in [1.82, 2.24) is 4.90 Å². The summed E-state index contributed by atoms with van der Waals surface area (Å²) in [6.07, 6.45) is 1.54. The molecule has 1 aliphatic rings. The highest BCUT2D eigenvalue weighted by molar-refractivity contribution is 6.01. The average Bonchev–Trinajstić information content (AvgIpc) is 2.95. The smallest absolute Gasteiger partial charge is 0.248 e. The van der Waals surface area contributed by atoms with Crippen molar-refractivity contribution >= 4 is 11.6 Å². The standard InChI is InChI=1S/C16H18F2N2O3/c1-3-6-20(16(21)10-22-2)9-12-8-15(19-23-12)13-5-4-11(17)7-14(13)18/h3-5,7,12H,1,6,8-10H2,2H3/t12-/m0/s1. The van der Waals surface area contributed by atoms with Gasteiger partial charge < -0.3 is 14.5 Å². The molecule has 1 amide bonds. The van der Waals surface area contributed by atoms with Gasteiger partial charge in [-0.3, -0.25) is 4.79 Å². The Bertz CT molecular complexity index is 619. The number of carbonyl (C=O) groups is 1. The van der Waals surface area contributed by atoms with E-state index in [2.05, 4.69) is 11.7 Å². The number of nitrogens with zero attached hydrogens (tertiary/aromatic N) is 2. The van der Waals surface area contributed by atoms with Crippen LogP contribution in [0.2, 0.25) is 0 Å². The normalized spacial score (nSPS) is 16.7. The largest absolute Gasteiger partial charge is 0.390 e. The van der Waals surface area contributed by atoms with Gasteiger partial charge in [-0.2, -0.15) is 0 Å². The van der Waals surface area contributed by atoms with Crippen LogP contribution in [0.4, 0.5) is 8.78 Å². The summed E-state index contributed by atoms with van der Waals surface area (Å²) < 4.78 is 31.6. The van der Waals surface area contributed by atoms with E-state index in [4.69, 9.17) is 9.57 Å². The minimum atomic E-state index is -0.689. The fourth-order valence-corrected chi connectivity index (χ4v) is 2.30. The van der Waals surface area contributed by atoms with E-state index < -0.39 is 17.7 Å². The minimum absolute atomic E-state index is 0.0408. The molecule has 1 atom stereocenters. The lowest BCUT2D eigenvalue weighted by atomic mass is 10.0. The van der Waals surface area contributed by atoms with Gasteiger partial charge in [-0.25, -0.2) is 8.78 Å². The first kappa shape index (κ1) is 17.1. The predicted octanol–water partition coefficient (Wildman–Crippen LogP) is 2.12. The van der Waals surface area contributed by atoms with Crippen LogP contribution in [-0.2, 0) is 14.4 Å². The monoisotopic (exact) mass is 324 g/mol. The van der Waals surface area contributed by atoms with Crippen molar-refractivity contribution in [2.24, 2.45) is 5.16 Å². The SMILES string of the molecule is C=CCN(C[C@@H]1CC(c2ccc(F)cc2F)=NO1)C(=O)COC. The number of hydrogen-bond donors (Lipinski definition) is 0. The molecule has 1 aliphatic heterocycles. The molecule has 0 aliphatic carbocycles. The third kappa shape index (κ3) is 4.35. The molecule has 2 rings (SSSR count). The van der Waals surface area contributed by atoms with Crippen LogP contribution in [-0.4, -0.2) is 49.4 Å². The summed E-state index contributed by atoms with van der Waals surface area (Å²) in [5.41, 5.74) is 0.595. The maximum Gasteiger partial charge on any atom is 0.248 e. The lowest BCUT2D eigenvalue weighted by molar-refractivity contribution is -0.136. The van der Waals surface area contributed by atoms with E-state index in [1.54, 1.807) is 6.08 Å². The van der Waals surface area contributed by atoms with Crippen molar-refractivity contribution in [3.8, 4) is 0 Å². The first-order chi connectivity index (χ1) is 11.0. The summed E-state index contributed by atoms with van der Waals surface area (Å²) in [6, 6.07) is 3.30. The van der Waals surface area contributed by atoms with Gasteiger partial charge in [0.05, 0.1) is 12.3 Å². The number of amides is 1. The Morgan fingerprint density at radius 3 is 3.00 bits per heavy atom. The molecule has 0 aromatic heterocycles. The summed E-state index contributed by atoms with van der Waals surface area (Å²) in [5.74, 6) is -1.53. The molecule has 0 unspecified atom stereocenters. The molecule has 23 heavy (non-hydrogen) atoms. The first-order valence-electron chi connectivity index (χ1n) is 7.11. The molecule has 0 bridgehead atoms. The van der Waals surface area contributed by atoms with Crippen LogP contribution in [0.3, 0.4) is 0 Å². The van der Waals surface area contributed by atoms with Crippen LogP contribution in [0.1, 0.15) is 12.0 Å². The Morgan fingerprint density at radius 2 is 2.35 bits per heavy atom. The summed E-state index contributed by atoms with van der Waals surface area (Å²) in [4.78, 5) is 18.7. The van der Waals surface area contributed by atoms with E-state index in [-0.39, 0.29) is 24.6 Å². The van der Waals surface area contributed by atoms with Crippen LogP contribution in [0.15, 0.2) is 36.0 Å². The molecule has 1 heterocycles. The van der Waals surface area contributed by atoms with Gasteiger partial charge in [0.15, 0.2) is 6.10 Å². The summed E-state index contributed by atoms with van der Waals surface area (Å²) in [5, 5.41) is 3.86. The van der Waals surface area contributed by atoms with Crippen molar-refractivity contribution in [1.29, 1.82) is 0 Å². The number of halogens is 2. The topological polar surface area (TPSA) is 51.1 Å². The number of oxime groups is 1. The van der Waals surface area contributed by atoms with Crippen molar-refractivity contribution in [2.75, 3.05) is 26.8 Å². The van der Waals surface area contributed by atoms with Crippen molar-refractivity contribution in [3.63, 3.8) is 0 Å². The van der Waals surface area contributed by atoms with Crippen LogP contribution < -0.4 is 0 Å². The average molecular weight is 324 g/mol. The molecule has 0 fully saturated rings. The number of rotatable bonds is 7. The summed E-state index contributed by atoms with van der Waals surface area (Å²) in [6.45, 7) is 4.20. The van der Waals surface area contributed by atoms with E-state index in [0.29, 0.717) is 18.7 Å². The van der Waals surface area contributed by atoms with Gasteiger partial charge >= 0.3 is 0 Å². The summed E-state index contributed by atoms with van der Waals surface area (Å²) >= 11 is 0. The van der Waals surface area contributed by atoms with Crippen molar-refractivity contribution in [3.05, 3.63) is 48.1 Å². The highest BCUT2D eigenvalue weighted by Gasteiger charge is 2.27. The van der Waals surface area contributed by atoms with Gasteiger partial charge in [-0.15, -0.1) is 6.58 Å². The lowest BCUT2D eigenvalue weighted by Gasteiger charge is -2.23. The Labute approximate surface area is 133 Å². The molecule has 1 aromatic rings. The van der Waals surface area contributed by atoms with E-state index in [1.165, 1.54) is 24.1 Å². The van der Waals surface area contributed by atoms with Gasteiger partial charge in [0, 0.05) is 31.7 Å². The molecule has 0 spiro atoms. The number of hydrogen-bond acceptors (Lipinski definition) is 4. The highest BCUT2D eigenvalue weighted by Crippen LogP contribution is 2.20. The number of methoxy groups -OCH3 is 1. The van der Waals surface area contributed by atoms with Crippen LogP contribution in [0.5, 0.6) is 0 Å². The van der Waals surface area contributed by atoms with Crippen molar-refractivity contribution in [2.45, 2.75) is 12.5 Å². The summed E-state index contributed by atoms with van der Waals surface area (Å²) in [7, 11) is 1.44. The van der Waals surface area contributed by atoms with Gasteiger partial charge in [0.25, 0.3) is 0 Å². The van der Waals surface area contributed by atoms with E-state index in [0.717, 1.165) is 6.07 Å². The molecular weight excluding hydrogens is 306 g/mol. The quantitative estimate of drug-likeness (QED) is 0.722. The molecule has 0 saturated heterocycles. The molecule has 0 N–H and O–H groups in total. The zero-order chi connectivity index (χ0) is 16.8. The van der Waals surface area contributed by atoms with Gasteiger partial charge in [-0.1, -0.05) is 11.2 Å². The number of carbonyl (C=O) groups excluding carboxylic acids is 1.